The fraction of sp³-hybridized carbons (Fsp3) is 1.00. The lowest BCUT2D eigenvalue weighted by Crippen LogP contribution is -2.21. The molecule has 0 bridgehead atoms. The summed E-state index contributed by atoms with van der Waals surface area (Å²) in [4.78, 5) is 0. The van der Waals surface area contributed by atoms with E-state index in [0.29, 0.717) is 16.9 Å². The summed E-state index contributed by atoms with van der Waals surface area (Å²) in [6.45, 7) is 14.0. The summed E-state index contributed by atoms with van der Waals surface area (Å²) >= 11 is 0. The summed E-state index contributed by atoms with van der Waals surface area (Å²) in [5.41, 5.74) is 6.76. The third kappa shape index (κ3) is 2.98. The molecule has 0 radical (unpaired) electrons. The van der Waals surface area contributed by atoms with Gasteiger partial charge in [-0.05, 0) is 49.6 Å². The van der Waals surface area contributed by atoms with Crippen LogP contribution in [0.1, 0.15) is 53.9 Å². The van der Waals surface area contributed by atoms with Crippen molar-refractivity contribution < 1.29 is 0 Å². The molecule has 0 spiro atoms. The van der Waals surface area contributed by atoms with E-state index in [9.17, 15) is 0 Å². The molecule has 2 heteroatoms. The van der Waals surface area contributed by atoms with Crippen molar-refractivity contribution in [2.45, 2.75) is 59.9 Å². The molecule has 1 saturated carbocycles. The zero-order valence-electron chi connectivity index (χ0n) is 11.8. The molecule has 0 amide bonds. The first-order valence-corrected chi connectivity index (χ1v) is 6.76. The normalized spacial score (nSPS) is 24.4. The molecule has 1 aliphatic rings. The van der Waals surface area contributed by atoms with Crippen molar-refractivity contribution in [1.82, 2.24) is 5.32 Å². The van der Waals surface area contributed by atoms with Crippen LogP contribution in [-0.4, -0.2) is 19.1 Å². The molecule has 1 aliphatic carbocycles. The van der Waals surface area contributed by atoms with Gasteiger partial charge < -0.3 is 11.1 Å². The minimum absolute atomic E-state index is 0.362. The SMILES string of the molecule is CC(N)CCCCNCC1C(C)(C)C1(C)C. The second-order valence-corrected chi connectivity index (χ2v) is 6.67. The summed E-state index contributed by atoms with van der Waals surface area (Å²) in [5, 5.41) is 3.59. The van der Waals surface area contributed by atoms with Crippen LogP contribution in [0.5, 0.6) is 0 Å². The quantitative estimate of drug-likeness (QED) is 0.655. The molecular formula is C14H30N2. The van der Waals surface area contributed by atoms with Crippen molar-refractivity contribution in [1.29, 1.82) is 0 Å². The van der Waals surface area contributed by atoms with Crippen molar-refractivity contribution in [2.24, 2.45) is 22.5 Å². The third-order valence-corrected chi connectivity index (χ3v) is 4.93. The van der Waals surface area contributed by atoms with Crippen molar-refractivity contribution in [2.75, 3.05) is 13.1 Å². The monoisotopic (exact) mass is 226 g/mol. The maximum Gasteiger partial charge on any atom is 0.00104 e. The molecule has 1 fully saturated rings. The lowest BCUT2D eigenvalue weighted by atomic mass is 10.0. The Labute approximate surface area is 101 Å². The first-order chi connectivity index (χ1) is 7.30. The molecule has 1 rings (SSSR count). The molecule has 1 atom stereocenters. The number of nitrogens with one attached hydrogen (secondary N) is 1. The molecule has 0 aromatic heterocycles. The molecule has 0 aromatic rings. The van der Waals surface area contributed by atoms with E-state index in [0.717, 1.165) is 18.9 Å². The van der Waals surface area contributed by atoms with Crippen molar-refractivity contribution in [3.63, 3.8) is 0 Å². The lowest BCUT2D eigenvalue weighted by molar-refractivity contribution is 0.457. The minimum atomic E-state index is 0.362. The van der Waals surface area contributed by atoms with E-state index in [1.54, 1.807) is 0 Å². The van der Waals surface area contributed by atoms with Gasteiger partial charge in [0.05, 0.1) is 0 Å². The van der Waals surface area contributed by atoms with E-state index in [2.05, 4.69) is 39.9 Å². The highest BCUT2D eigenvalue weighted by atomic mass is 14.9. The average molecular weight is 226 g/mol. The molecule has 0 saturated heterocycles. The van der Waals surface area contributed by atoms with Crippen LogP contribution in [0.25, 0.3) is 0 Å². The molecule has 0 aliphatic heterocycles. The topological polar surface area (TPSA) is 38.0 Å². The van der Waals surface area contributed by atoms with E-state index in [-0.39, 0.29) is 0 Å². The van der Waals surface area contributed by atoms with E-state index < -0.39 is 0 Å². The first kappa shape index (κ1) is 14.0. The summed E-state index contributed by atoms with van der Waals surface area (Å²) in [5.74, 6) is 0.841. The van der Waals surface area contributed by atoms with Gasteiger partial charge in [0.1, 0.15) is 0 Å². The number of unbranched alkanes of at least 4 members (excludes halogenated alkanes) is 1. The second-order valence-electron chi connectivity index (χ2n) is 6.67. The van der Waals surface area contributed by atoms with Crippen LogP contribution in [0.15, 0.2) is 0 Å². The highest BCUT2D eigenvalue weighted by Crippen LogP contribution is 2.67. The smallest absolute Gasteiger partial charge is 0.00104 e. The largest absolute Gasteiger partial charge is 0.328 e. The molecule has 0 aromatic carbocycles. The number of hydrogen-bond donors (Lipinski definition) is 2. The second kappa shape index (κ2) is 5.05. The van der Waals surface area contributed by atoms with Gasteiger partial charge >= 0.3 is 0 Å². The van der Waals surface area contributed by atoms with Gasteiger partial charge in [0, 0.05) is 6.04 Å². The Morgan fingerprint density at radius 1 is 1.12 bits per heavy atom. The first-order valence-electron chi connectivity index (χ1n) is 6.76. The Kier molecular flexibility index (Phi) is 4.42. The van der Waals surface area contributed by atoms with Gasteiger partial charge in [0.15, 0.2) is 0 Å². The van der Waals surface area contributed by atoms with Gasteiger partial charge in [-0.3, -0.25) is 0 Å². The number of rotatable bonds is 7. The standard InChI is InChI=1S/C14H30N2/c1-11(15)8-6-7-9-16-10-12-13(2,3)14(12,4)5/h11-12,16H,6-10,15H2,1-5H3. The number of hydrogen-bond acceptors (Lipinski definition) is 2. The Hall–Kier alpha value is -0.0800. The van der Waals surface area contributed by atoms with Crippen LogP contribution < -0.4 is 11.1 Å². The zero-order chi connectivity index (χ0) is 12.4. The fourth-order valence-corrected chi connectivity index (χ4v) is 2.81. The summed E-state index contributed by atoms with van der Waals surface area (Å²) in [6.07, 6.45) is 3.67. The molecule has 3 N–H and O–H groups in total. The van der Waals surface area contributed by atoms with E-state index in [1.165, 1.54) is 19.4 Å². The molecular weight excluding hydrogens is 196 g/mol. The van der Waals surface area contributed by atoms with E-state index >= 15 is 0 Å². The van der Waals surface area contributed by atoms with Gasteiger partial charge in [0.25, 0.3) is 0 Å². The van der Waals surface area contributed by atoms with Gasteiger partial charge in [0.2, 0.25) is 0 Å². The van der Waals surface area contributed by atoms with Crippen LogP contribution in [0, 0.1) is 16.7 Å². The van der Waals surface area contributed by atoms with Crippen molar-refractivity contribution >= 4 is 0 Å². The van der Waals surface area contributed by atoms with E-state index in [1.807, 2.05) is 0 Å². The van der Waals surface area contributed by atoms with E-state index in [4.69, 9.17) is 5.73 Å². The Morgan fingerprint density at radius 3 is 2.12 bits per heavy atom. The molecule has 16 heavy (non-hydrogen) atoms. The maximum absolute atomic E-state index is 5.72. The Bertz CT molecular complexity index is 205. The predicted octanol–water partition coefficient (Wildman–Crippen LogP) is 2.78. The number of nitrogens with two attached hydrogens (primary N) is 1. The van der Waals surface area contributed by atoms with Gasteiger partial charge in [-0.15, -0.1) is 0 Å². The van der Waals surface area contributed by atoms with Crippen LogP contribution in [0.2, 0.25) is 0 Å². The highest BCUT2D eigenvalue weighted by molar-refractivity contribution is 5.12. The van der Waals surface area contributed by atoms with Gasteiger partial charge in [-0.2, -0.15) is 0 Å². The van der Waals surface area contributed by atoms with Crippen LogP contribution in [0.4, 0.5) is 0 Å². The highest BCUT2D eigenvalue weighted by Gasteiger charge is 2.63. The average Bonchev–Trinajstić information content (AvgIpc) is 2.52. The van der Waals surface area contributed by atoms with Crippen LogP contribution in [0.3, 0.4) is 0 Å². The van der Waals surface area contributed by atoms with Crippen molar-refractivity contribution in [3.05, 3.63) is 0 Å². The molecule has 2 nitrogen and oxygen atoms in total. The van der Waals surface area contributed by atoms with Gasteiger partial charge in [-0.1, -0.05) is 34.1 Å². The predicted molar refractivity (Wildman–Crippen MR) is 71.4 cm³/mol. The zero-order valence-corrected chi connectivity index (χ0v) is 11.8. The maximum atomic E-state index is 5.72. The summed E-state index contributed by atoms with van der Waals surface area (Å²) in [6, 6.07) is 0.362. The van der Waals surface area contributed by atoms with Gasteiger partial charge in [-0.25, -0.2) is 0 Å². The lowest BCUT2D eigenvalue weighted by Gasteiger charge is -2.07. The Morgan fingerprint density at radius 2 is 1.69 bits per heavy atom. The molecule has 96 valence electrons. The molecule has 1 unspecified atom stereocenters. The fourth-order valence-electron chi connectivity index (χ4n) is 2.81. The summed E-state index contributed by atoms with van der Waals surface area (Å²) < 4.78 is 0. The van der Waals surface area contributed by atoms with Crippen molar-refractivity contribution in [3.8, 4) is 0 Å². The van der Waals surface area contributed by atoms with Crippen LogP contribution in [-0.2, 0) is 0 Å². The molecule has 0 heterocycles. The third-order valence-electron chi connectivity index (χ3n) is 4.93. The summed E-state index contributed by atoms with van der Waals surface area (Å²) in [7, 11) is 0. The van der Waals surface area contributed by atoms with Crippen LogP contribution >= 0.6 is 0 Å². The minimum Gasteiger partial charge on any atom is -0.328 e. The Balaban J connectivity index is 2.02.